The van der Waals surface area contributed by atoms with Crippen molar-refractivity contribution in [3.05, 3.63) is 69.2 Å². The van der Waals surface area contributed by atoms with Crippen molar-refractivity contribution in [1.29, 1.82) is 0 Å². The van der Waals surface area contributed by atoms with Gasteiger partial charge in [0.05, 0.1) is 5.71 Å². The molecule has 2 aromatic rings. The maximum absolute atomic E-state index is 9.12. The molecular formula is C15H11Cl2NO. The first-order valence-corrected chi connectivity index (χ1v) is 6.71. The molecule has 1 atom stereocenters. The van der Waals surface area contributed by atoms with E-state index in [2.05, 4.69) is 5.16 Å². The van der Waals surface area contributed by atoms with Crippen LogP contribution in [0.1, 0.15) is 29.0 Å². The van der Waals surface area contributed by atoms with Gasteiger partial charge in [0.1, 0.15) is 0 Å². The van der Waals surface area contributed by atoms with Crippen LogP contribution in [0.25, 0.3) is 0 Å². The van der Waals surface area contributed by atoms with Crippen LogP contribution in [0.4, 0.5) is 0 Å². The first-order valence-electron chi connectivity index (χ1n) is 5.95. The fourth-order valence-corrected chi connectivity index (χ4v) is 3.19. The number of rotatable bonds is 1. The lowest BCUT2D eigenvalue weighted by atomic mass is 9.93. The molecule has 0 aliphatic heterocycles. The largest absolute Gasteiger partial charge is 0.411 e. The molecule has 19 heavy (non-hydrogen) atoms. The summed E-state index contributed by atoms with van der Waals surface area (Å²) in [6.07, 6.45) is 0.659. The van der Waals surface area contributed by atoms with Crippen molar-refractivity contribution < 1.29 is 5.21 Å². The molecular weight excluding hydrogens is 281 g/mol. The number of oxime groups is 1. The van der Waals surface area contributed by atoms with Gasteiger partial charge in [-0.2, -0.15) is 0 Å². The van der Waals surface area contributed by atoms with Gasteiger partial charge in [0, 0.05) is 27.9 Å². The van der Waals surface area contributed by atoms with Gasteiger partial charge in [0.2, 0.25) is 0 Å². The Morgan fingerprint density at radius 2 is 1.74 bits per heavy atom. The molecule has 0 radical (unpaired) electrons. The molecule has 0 amide bonds. The van der Waals surface area contributed by atoms with Crippen LogP contribution < -0.4 is 0 Å². The van der Waals surface area contributed by atoms with Crippen molar-refractivity contribution in [1.82, 2.24) is 0 Å². The van der Waals surface area contributed by atoms with Gasteiger partial charge in [-0.15, -0.1) is 0 Å². The summed E-state index contributed by atoms with van der Waals surface area (Å²) in [6.45, 7) is 0. The summed E-state index contributed by atoms with van der Waals surface area (Å²) < 4.78 is 0. The minimum absolute atomic E-state index is 0.137. The Labute approximate surface area is 121 Å². The van der Waals surface area contributed by atoms with E-state index in [1.807, 2.05) is 36.4 Å². The smallest absolute Gasteiger partial charge is 0.0880 e. The average molecular weight is 292 g/mol. The Morgan fingerprint density at radius 1 is 1.05 bits per heavy atom. The molecule has 4 heteroatoms. The Morgan fingerprint density at radius 3 is 2.42 bits per heavy atom. The lowest BCUT2D eigenvalue weighted by Crippen LogP contribution is -1.97. The minimum Gasteiger partial charge on any atom is -0.411 e. The van der Waals surface area contributed by atoms with E-state index in [0.717, 1.165) is 16.7 Å². The Kier molecular flexibility index (Phi) is 3.21. The van der Waals surface area contributed by atoms with Gasteiger partial charge < -0.3 is 5.21 Å². The van der Waals surface area contributed by atoms with Crippen molar-refractivity contribution in [2.24, 2.45) is 5.16 Å². The van der Waals surface area contributed by atoms with Crippen LogP contribution in [0, 0.1) is 0 Å². The molecule has 0 spiro atoms. The first kappa shape index (κ1) is 12.5. The Bertz CT molecular complexity index is 647. The number of halogens is 2. The molecule has 0 saturated carbocycles. The first-order chi connectivity index (χ1) is 9.19. The predicted octanol–water partition coefficient (Wildman–Crippen LogP) is 4.71. The third kappa shape index (κ3) is 2.22. The SMILES string of the molecule is ON=C1CC(c2cc(Cl)cc(Cl)c2)c2ccccc21. The summed E-state index contributed by atoms with van der Waals surface area (Å²) in [7, 11) is 0. The zero-order chi connectivity index (χ0) is 13.4. The number of benzene rings is 2. The quantitative estimate of drug-likeness (QED) is 0.599. The zero-order valence-electron chi connectivity index (χ0n) is 9.98. The lowest BCUT2D eigenvalue weighted by Gasteiger charge is -2.12. The maximum Gasteiger partial charge on any atom is 0.0880 e. The molecule has 0 aromatic heterocycles. The highest BCUT2D eigenvalue weighted by atomic mass is 35.5. The van der Waals surface area contributed by atoms with Gasteiger partial charge in [-0.05, 0) is 29.3 Å². The van der Waals surface area contributed by atoms with Crippen LogP contribution in [-0.2, 0) is 0 Å². The average Bonchev–Trinajstić information content (AvgIpc) is 2.76. The van der Waals surface area contributed by atoms with E-state index in [4.69, 9.17) is 28.4 Å². The third-order valence-corrected chi connectivity index (χ3v) is 3.89. The molecule has 1 aliphatic rings. The minimum atomic E-state index is 0.137. The van der Waals surface area contributed by atoms with Gasteiger partial charge in [-0.25, -0.2) is 0 Å². The highest BCUT2D eigenvalue weighted by Crippen LogP contribution is 2.39. The molecule has 2 nitrogen and oxygen atoms in total. The molecule has 1 N–H and O–H groups in total. The number of hydrogen-bond donors (Lipinski definition) is 1. The molecule has 3 rings (SSSR count). The topological polar surface area (TPSA) is 32.6 Å². The van der Waals surface area contributed by atoms with Crippen molar-refractivity contribution in [3.63, 3.8) is 0 Å². The molecule has 1 aliphatic carbocycles. The van der Waals surface area contributed by atoms with Crippen LogP contribution in [0.2, 0.25) is 10.0 Å². The summed E-state index contributed by atoms with van der Waals surface area (Å²) >= 11 is 12.1. The predicted molar refractivity (Wildman–Crippen MR) is 77.7 cm³/mol. The van der Waals surface area contributed by atoms with Crippen molar-refractivity contribution >= 4 is 28.9 Å². The highest BCUT2D eigenvalue weighted by Gasteiger charge is 2.29. The van der Waals surface area contributed by atoms with Crippen molar-refractivity contribution in [2.75, 3.05) is 0 Å². The van der Waals surface area contributed by atoms with E-state index in [1.54, 1.807) is 6.07 Å². The second-order valence-electron chi connectivity index (χ2n) is 4.59. The lowest BCUT2D eigenvalue weighted by molar-refractivity contribution is 0.318. The normalized spacial score (nSPS) is 19.7. The Balaban J connectivity index is 2.13. The highest BCUT2D eigenvalue weighted by molar-refractivity contribution is 6.34. The molecule has 0 saturated heterocycles. The molecule has 96 valence electrons. The second kappa shape index (κ2) is 4.87. The van der Waals surface area contributed by atoms with Crippen molar-refractivity contribution in [2.45, 2.75) is 12.3 Å². The van der Waals surface area contributed by atoms with E-state index in [0.29, 0.717) is 22.2 Å². The number of hydrogen-bond acceptors (Lipinski definition) is 2. The molecule has 0 bridgehead atoms. The van der Waals surface area contributed by atoms with Gasteiger partial charge in [-0.1, -0.05) is 52.6 Å². The van der Waals surface area contributed by atoms with Crippen LogP contribution in [0.5, 0.6) is 0 Å². The van der Waals surface area contributed by atoms with E-state index < -0.39 is 0 Å². The van der Waals surface area contributed by atoms with Gasteiger partial charge in [-0.3, -0.25) is 0 Å². The van der Waals surface area contributed by atoms with E-state index in [1.165, 1.54) is 0 Å². The van der Waals surface area contributed by atoms with E-state index in [9.17, 15) is 0 Å². The van der Waals surface area contributed by atoms with Gasteiger partial charge in [0.25, 0.3) is 0 Å². The van der Waals surface area contributed by atoms with E-state index >= 15 is 0 Å². The monoisotopic (exact) mass is 291 g/mol. The molecule has 1 unspecified atom stereocenters. The third-order valence-electron chi connectivity index (χ3n) is 3.45. The summed E-state index contributed by atoms with van der Waals surface area (Å²) in [5.74, 6) is 0.137. The standard InChI is InChI=1S/C15H11Cl2NO/c16-10-5-9(6-11(17)7-10)14-8-15(18-19)13-4-2-1-3-12(13)14/h1-7,14,19H,8H2. The van der Waals surface area contributed by atoms with Crippen LogP contribution in [-0.4, -0.2) is 10.9 Å². The summed E-state index contributed by atoms with van der Waals surface area (Å²) in [6, 6.07) is 13.5. The summed E-state index contributed by atoms with van der Waals surface area (Å²) in [5.41, 5.74) is 3.89. The van der Waals surface area contributed by atoms with Crippen LogP contribution in [0.15, 0.2) is 47.6 Å². The fraction of sp³-hybridized carbons (Fsp3) is 0.133. The molecule has 0 fully saturated rings. The number of nitrogens with zero attached hydrogens (tertiary/aromatic N) is 1. The summed E-state index contributed by atoms with van der Waals surface area (Å²) in [5, 5.41) is 13.8. The van der Waals surface area contributed by atoms with Gasteiger partial charge >= 0.3 is 0 Å². The van der Waals surface area contributed by atoms with Crippen molar-refractivity contribution in [3.8, 4) is 0 Å². The Hall–Kier alpha value is -1.51. The van der Waals surface area contributed by atoms with Gasteiger partial charge in [0.15, 0.2) is 0 Å². The molecule has 0 heterocycles. The summed E-state index contributed by atoms with van der Waals surface area (Å²) in [4.78, 5) is 0. The second-order valence-corrected chi connectivity index (χ2v) is 5.47. The van der Waals surface area contributed by atoms with Crippen LogP contribution in [0.3, 0.4) is 0 Å². The van der Waals surface area contributed by atoms with Crippen LogP contribution >= 0.6 is 23.2 Å². The maximum atomic E-state index is 9.12. The van der Waals surface area contributed by atoms with E-state index in [-0.39, 0.29) is 5.92 Å². The molecule has 2 aromatic carbocycles. The zero-order valence-corrected chi connectivity index (χ0v) is 11.5. The fourth-order valence-electron chi connectivity index (χ4n) is 2.65. The number of fused-ring (bicyclic) bond motifs is 1.